The molecule has 0 saturated heterocycles. The zero-order chi connectivity index (χ0) is 24.4. The van der Waals surface area contributed by atoms with E-state index in [9.17, 15) is 10.2 Å². The second-order valence-corrected chi connectivity index (χ2v) is 13.3. The van der Waals surface area contributed by atoms with Gasteiger partial charge in [0.1, 0.15) is 11.2 Å². The molecule has 4 nitrogen and oxygen atoms in total. The van der Waals surface area contributed by atoms with Gasteiger partial charge >= 0.3 is 0 Å². The van der Waals surface area contributed by atoms with Gasteiger partial charge in [0.05, 0.1) is 12.7 Å². The van der Waals surface area contributed by atoms with Crippen molar-refractivity contribution in [1.82, 2.24) is 0 Å². The smallest absolute Gasteiger partial charge is 0.166 e. The Hall–Kier alpha value is -1.26. The summed E-state index contributed by atoms with van der Waals surface area (Å²) in [6, 6.07) is 4.29. The van der Waals surface area contributed by atoms with Gasteiger partial charge in [-0.05, 0) is 87.2 Å². The Morgan fingerprint density at radius 3 is 2.42 bits per heavy atom. The summed E-state index contributed by atoms with van der Waals surface area (Å²) in [7, 11) is 1.70. The van der Waals surface area contributed by atoms with Crippen LogP contribution >= 0.6 is 0 Å². The van der Waals surface area contributed by atoms with Crippen LogP contribution < -0.4 is 9.47 Å². The lowest BCUT2D eigenvalue weighted by atomic mass is 9.31. The highest BCUT2D eigenvalue weighted by Crippen LogP contribution is 2.79. The number of rotatable bonds is 3. The van der Waals surface area contributed by atoms with E-state index in [1.165, 1.54) is 11.1 Å². The highest BCUT2D eigenvalue weighted by molar-refractivity contribution is 5.64. The van der Waals surface area contributed by atoms with Crippen LogP contribution in [0.1, 0.15) is 92.2 Å². The van der Waals surface area contributed by atoms with Gasteiger partial charge in [-0.3, -0.25) is 0 Å². The van der Waals surface area contributed by atoms with Gasteiger partial charge in [0.2, 0.25) is 0 Å². The van der Waals surface area contributed by atoms with Crippen LogP contribution in [0.25, 0.3) is 0 Å². The number of aliphatic hydroxyl groups is 2. The van der Waals surface area contributed by atoms with Gasteiger partial charge in [0, 0.05) is 16.9 Å². The van der Waals surface area contributed by atoms with Crippen LogP contribution in [0, 0.1) is 28.6 Å². The lowest BCUT2D eigenvalue weighted by Gasteiger charge is -2.73. The van der Waals surface area contributed by atoms with Crippen molar-refractivity contribution in [2.45, 2.75) is 110 Å². The molecule has 8 atom stereocenters. The topological polar surface area (TPSA) is 58.9 Å². The molecule has 2 N–H and O–H groups in total. The minimum absolute atomic E-state index is 0.0494. The van der Waals surface area contributed by atoms with E-state index in [4.69, 9.17) is 9.47 Å². The number of benzene rings is 1. The number of ether oxygens (including phenoxy) is 2. The summed E-state index contributed by atoms with van der Waals surface area (Å²) >= 11 is 0. The predicted octanol–water partition coefficient (Wildman–Crippen LogP) is 5.65. The fourth-order valence-corrected chi connectivity index (χ4v) is 9.24. The molecule has 5 rings (SSSR count). The molecular weight excluding hydrogens is 412 g/mol. The van der Waals surface area contributed by atoms with Gasteiger partial charge in [-0.25, -0.2) is 0 Å². The Labute approximate surface area is 200 Å². The average molecular weight is 457 g/mol. The van der Waals surface area contributed by atoms with E-state index in [1.807, 2.05) is 19.9 Å². The second-order valence-electron chi connectivity index (χ2n) is 13.3. The molecule has 33 heavy (non-hydrogen) atoms. The molecular formula is C29H44O4. The third-order valence-electron chi connectivity index (χ3n) is 11.7. The lowest BCUT2D eigenvalue weighted by molar-refractivity contribution is -0.302. The SMILES string of the molecule is CC[C@]12C[C@H]([C@](C)(O)C(C)(C)C)[C@@](C)(O)[C@@]3(C)Oc4c(OC)ccc5c4[C@]13CCC(C)[C@@H]2C5. The fraction of sp³-hybridized carbons (Fsp3) is 0.793. The Bertz CT molecular complexity index is 988. The maximum absolute atomic E-state index is 12.6. The van der Waals surface area contributed by atoms with Crippen molar-refractivity contribution >= 4 is 0 Å². The maximum Gasteiger partial charge on any atom is 0.166 e. The molecule has 4 heteroatoms. The summed E-state index contributed by atoms with van der Waals surface area (Å²) < 4.78 is 12.8. The molecule has 1 aromatic carbocycles. The summed E-state index contributed by atoms with van der Waals surface area (Å²) in [5.74, 6) is 2.37. The largest absolute Gasteiger partial charge is 0.493 e. The molecule has 0 aromatic heterocycles. The molecule has 1 spiro atoms. The van der Waals surface area contributed by atoms with Crippen molar-refractivity contribution in [2.75, 3.05) is 7.11 Å². The first kappa shape index (κ1) is 23.5. The monoisotopic (exact) mass is 456 g/mol. The standard InChI is InChI=1S/C29H44O4/c1-10-28-16-21(25(6,30)24(3,4)5)26(7,31)27(8)29(28)14-13-17(2)19(28)15-18-11-12-20(32-9)23(33-27)22(18)29/h11-12,17,19,21,30-31H,10,13-16H2,1-9H3/t17?,19-,21+,25-,26+,27+,28+,29-/m0/s1. The summed E-state index contributed by atoms with van der Waals surface area (Å²) in [6.07, 6.45) is 5.00. The fourth-order valence-electron chi connectivity index (χ4n) is 9.24. The normalized spacial score (nSPS) is 45.1. The molecule has 2 bridgehead atoms. The second kappa shape index (κ2) is 6.49. The van der Waals surface area contributed by atoms with Crippen molar-refractivity contribution in [1.29, 1.82) is 0 Å². The van der Waals surface area contributed by atoms with Crippen LogP contribution in [0.2, 0.25) is 0 Å². The van der Waals surface area contributed by atoms with Crippen LogP contribution in [0.15, 0.2) is 12.1 Å². The van der Waals surface area contributed by atoms with Crippen LogP contribution in [0.3, 0.4) is 0 Å². The highest BCUT2D eigenvalue weighted by atomic mass is 16.5. The summed E-state index contributed by atoms with van der Waals surface area (Å²) in [5, 5.41) is 24.7. The van der Waals surface area contributed by atoms with Crippen molar-refractivity contribution < 1.29 is 19.7 Å². The first-order valence-corrected chi connectivity index (χ1v) is 13.0. The third kappa shape index (κ3) is 2.31. The molecule has 2 saturated carbocycles. The van der Waals surface area contributed by atoms with Crippen LogP contribution in [0.5, 0.6) is 11.5 Å². The first-order valence-electron chi connectivity index (χ1n) is 13.0. The van der Waals surface area contributed by atoms with Crippen LogP contribution in [-0.2, 0) is 11.8 Å². The van der Waals surface area contributed by atoms with E-state index < -0.39 is 16.8 Å². The summed E-state index contributed by atoms with van der Waals surface area (Å²) in [4.78, 5) is 0. The Morgan fingerprint density at radius 1 is 1.18 bits per heavy atom. The molecule has 0 radical (unpaired) electrons. The van der Waals surface area contributed by atoms with Crippen molar-refractivity contribution in [3.8, 4) is 11.5 Å². The minimum atomic E-state index is -1.23. The van der Waals surface area contributed by atoms with Gasteiger partial charge < -0.3 is 19.7 Å². The van der Waals surface area contributed by atoms with E-state index in [2.05, 4.69) is 47.6 Å². The Balaban J connectivity index is 1.87. The molecule has 2 fully saturated rings. The highest BCUT2D eigenvalue weighted by Gasteiger charge is 2.82. The van der Waals surface area contributed by atoms with Crippen LogP contribution in [-0.4, -0.2) is 34.1 Å². The molecule has 4 aliphatic rings. The molecule has 1 unspecified atom stereocenters. The van der Waals surface area contributed by atoms with Gasteiger partial charge in [-0.2, -0.15) is 0 Å². The van der Waals surface area contributed by atoms with E-state index >= 15 is 0 Å². The quantitative estimate of drug-likeness (QED) is 0.617. The number of methoxy groups -OCH3 is 1. The van der Waals surface area contributed by atoms with Gasteiger partial charge in [-0.1, -0.05) is 40.7 Å². The Morgan fingerprint density at radius 2 is 1.85 bits per heavy atom. The summed E-state index contributed by atoms with van der Waals surface area (Å²) in [6.45, 7) is 17.0. The molecule has 1 aliphatic heterocycles. The molecule has 1 heterocycles. The zero-order valence-electron chi connectivity index (χ0n) is 22.1. The van der Waals surface area contributed by atoms with Crippen LogP contribution in [0.4, 0.5) is 0 Å². The molecule has 3 aliphatic carbocycles. The Kier molecular flexibility index (Phi) is 4.62. The molecule has 1 aromatic rings. The maximum atomic E-state index is 12.6. The first-order chi connectivity index (χ1) is 15.2. The van der Waals surface area contributed by atoms with Crippen molar-refractivity contribution in [3.63, 3.8) is 0 Å². The van der Waals surface area contributed by atoms with Gasteiger partial charge in [-0.15, -0.1) is 0 Å². The lowest BCUT2D eigenvalue weighted by Crippen LogP contribution is -2.81. The van der Waals surface area contributed by atoms with Gasteiger partial charge in [0.15, 0.2) is 11.5 Å². The molecule has 184 valence electrons. The van der Waals surface area contributed by atoms with E-state index in [1.54, 1.807) is 7.11 Å². The number of hydrogen-bond acceptors (Lipinski definition) is 4. The van der Waals surface area contributed by atoms with E-state index in [0.717, 1.165) is 43.6 Å². The molecule has 0 amide bonds. The van der Waals surface area contributed by atoms with E-state index in [-0.39, 0.29) is 22.2 Å². The third-order valence-corrected chi connectivity index (χ3v) is 11.7. The van der Waals surface area contributed by atoms with E-state index in [0.29, 0.717) is 11.8 Å². The zero-order valence-corrected chi connectivity index (χ0v) is 22.1. The van der Waals surface area contributed by atoms with Gasteiger partial charge in [0.25, 0.3) is 0 Å². The number of hydrogen-bond donors (Lipinski definition) is 2. The minimum Gasteiger partial charge on any atom is -0.493 e. The average Bonchev–Trinajstić information content (AvgIpc) is 3.01. The van der Waals surface area contributed by atoms with Crippen molar-refractivity contribution in [2.24, 2.45) is 28.6 Å². The predicted molar refractivity (Wildman–Crippen MR) is 131 cm³/mol. The summed E-state index contributed by atoms with van der Waals surface area (Å²) in [5.41, 5.74) is -1.23. The van der Waals surface area contributed by atoms with Crippen molar-refractivity contribution in [3.05, 3.63) is 23.3 Å².